The number of rotatable bonds is 3. The molecule has 0 saturated heterocycles. The summed E-state index contributed by atoms with van der Waals surface area (Å²) < 4.78 is 31.6. The summed E-state index contributed by atoms with van der Waals surface area (Å²) in [4.78, 5) is 1.10. The predicted molar refractivity (Wildman–Crippen MR) is 91.9 cm³/mol. The molecule has 0 N–H and O–H groups in total. The van der Waals surface area contributed by atoms with Crippen molar-refractivity contribution in [3.63, 3.8) is 0 Å². The van der Waals surface area contributed by atoms with E-state index >= 15 is 0 Å². The van der Waals surface area contributed by atoms with Crippen LogP contribution < -0.4 is 4.74 Å². The van der Waals surface area contributed by atoms with Crippen LogP contribution in [0, 0.1) is 0 Å². The molecule has 0 aliphatic carbocycles. The Kier molecular flexibility index (Phi) is 3.46. The first-order valence-electron chi connectivity index (χ1n) is 7.21. The minimum Gasteiger partial charge on any atom is -0.435 e. The number of halogens is 2. The van der Waals surface area contributed by atoms with Crippen LogP contribution in [0.2, 0.25) is 0 Å². The zero-order valence-electron chi connectivity index (χ0n) is 12.1. The first kappa shape index (κ1) is 14.2. The lowest BCUT2D eigenvalue weighted by molar-refractivity contribution is -0.0498. The second-order valence-electron chi connectivity index (χ2n) is 5.15. The Morgan fingerprint density at radius 2 is 1.22 bits per heavy atom. The quantitative estimate of drug-likeness (QED) is 0.399. The Hall–Kier alpha value is -2.46. The van der Waals surface area contributed by atoms with E-state index in [4.69, 9.17) is 0 Å². The molecule has 23 heavy (non-hydrogen) atoms. The van der Waals surface area contributed by atoms with Gasteiger partial charge in [0, 0.05) is 33.4 Å². The molecule has 0 spiro atoms. The second kappa shape index (κ2) is 5.63. The third kappa shape index (κ3) is 2.45. The molecule has 0 fully saturated rings. The standard InChI is InChI=1S/C19H13F2OS/c20-19(21)22-13-9-11-14(12-10-13)23-17-7-3-1-5-15(17)16-6-2-4-8-18(16)23/h1-12,19H/q+1. The van der Waals surface area contributed by atoms with E-state index < -0.39 is 6.61 Å². The molecule has 0 unspecified atom stereocenters. The molecule has 0 radical (unpaired) electrons. The van der Waals surface area contributed by atoms with E-state index in [2.05, 4.69) is 29.0 Å². The molecule has 0 aliphatic heterocycles. The summed E-state index contributed by atoms with van der Waals surface area (Å²) >= 11 is 0. The summed E-state index contributed by atoms with van der Waals surface area (Å²) in [5.41, 5.74) is 0. The highest BCUT2D eigenvalue weighted by atomic mass is 32.2. The number of alkyl halides is 2. The van der Waals surface area contributed by atoms with Gasteiger partial charge in [0.05, 0.1) is 0 Å². The van der Waals surface area contributed by atoms with Crippen LogP contribution in [-0.2, 0) is 0 Å². The van der Waals surface area contributed by atoms with E-state index in [-0.39, 0.29) is 16.2 Å². The van der Waals surface area contributed by atoms with Crippen molar-refractivity contribution in [2.45, 2.75) is 6.61 Å². The van der Waals surface area contributed by atoms with Crippen LogP contribution in [-0.4, -0.2) is 6.61 Å². The van der Waals surface area contributed by atoms with Gasteiger partial charge in [-0.2, -0.15) is 8.78 Å². The van der Waals surface area contributed by atoms with Crippen molar-refractivity contribution in [1.29, 1.82) is 0 Å². The molecule has 4 aromatic rings. The Morgan fingerprint density at radius 1 is 0.696 bits per heavy atom. The molecule has 3 aromatic carbocycles. The van der Waals surface area contributed by atoms with E-state index in [1.54, 1.807) is 12.1 Å². The number of hydrogen-bond acceptors (Lipinski definition) is 1. The molecular formula is C19H13F2OS+. The number of fused-ring (bicyclic) bond motifs is 3. The molecule has 4 rings (SSSR count). The van der Waals surface area contributed by atoms with Gasteiger partial charge in [-0.1, -0.05) is 24.3 Å². The smallest absolute Gasteiger partial charge is 0.387 e. The molecule has 1 heterocycles. The van der Waals surface area contributed by atoms with Gasteiger partial charge < -0.3 is 4.74 Å². The lowest BCUT2D eigenvalue weighted by Gasteiger charge is -2.03. The van der Waals surface area contributed by atoms with Gasteiger partial charge >= 0.3 is 6.61 Å². The van der Waals surface area contributed by atoms with Crippen molar-refractivity contribution in [2.24, 2.45) is 0 Å². The predicted octanol–water partition coefficient (Wildman–Crippen LogP) is 6.33. The first-order valence-corrected chi connectivity index (χ1v) is 8.44. The number of benzene rings is 3. The molecule has 1 aromatic heterocycles. The number of thiophene rings is 1. The lowest BCUT2D eigenvalue weighted by Crippen LogP contribution is -2.01. The van der Waals surface area contributed by atoms with Crippen molar-refractivity contribution < 1.29 is 13.5 Å². The van der Waals surface area contributed by atoms with Crippen LogP contribution >= 0.6 is 10.5 Å². The van der Waals surface area contributed by atoms with Gasteiger partial charge in [-0.3, -0.25) is 0 Å². The molecule has 0 aliphatic rings. The maximum absolute atomic E-state index is 12.3. The minimum absolute atomic E-state index is 0.188. The maximum Gasteiger partial charge on any atom is 0.387 e. The van der Waals surface area contributed by atoms with E-state index in [1.807, 2.05) is 36.4 Å². The molecule has 0 bridgehead atoms. The summed E-state index contributed by atoms with van der Waals surface area (Å²) in [5.74, 6) is 0.188. The zero-order valence-corrected chi connectivity index (χ0v) is 12.9. The average Bonchev–Trinajstić information content (AvgIpc) is 2.90. The van der Waals surface area contributed by atoms with Crippen LogP contribution in [0.5, 0.6) is 5.75 Å². The monoisotopic (exact) mass is 327 g/mol. The van der Waals surface area contributed by atoms with Crippen molar-refractivity contribution in [3.05, 3.63) is 72.8 Å². The van der Waals surface area contributed by atoms with Gasteiger partial charge in [-0.25, -0.2) is 0 Å². The van der Waals surface area contributed by atoms with Crippen LogP contribution in [0.15, 0.2) is 72.8 Å². The summed E-state index contributed by atoms with van der Waals surface area (Å²) in [6.07, 6.45) is 0. The van der Waals surface area contributed by atoms with Gasteiger partial charge in [-0.05, 0) is 36.4 Å². The zero-order chi connectivity index (χ0) is 15.8. The largest absolute Gasteiger partial charge is 0.435 e. The molecule has 4 heteroatoms. The van der Waals surface area contributed by atoms with E-state index in [0.717, 1.165) is 4.90 Å². The minimum atomic E-state index is -2.80. The highest BCUT2D eigenvalue weighted by molar-refractivity contribution is 7.50. The van der Waals surface area contributed by atoms with Crippen LogP contribution in [0.4, 0.5) is 8.78 Å². The van der Waals surface area contributed by atoms with Crippen molar-refractivity contribution in [3.8, 4) is 10.6 Å². The van der Waals surface area contributed by atoms with Gasteiger partial charge in [0.25, 0.3) is 0 Å². The fourth-order valence-corrected chi connectivity index (χ4v) is 5.24. The molecule has 114 valence electrons. The Bertz CT molecular complexity index is 920. The first-order chi connectivity index (χ1) is 11.2. The number of hydrogen-bond donors (Lipinski definition) is 0. The van der Waals surface area contributed by atoms with E-state index in [9.17, 15) is 8.78 Å². The van der Waals surface area contributed by atoms with Gasteiger partial charge in [-0.15, -0.1) is 0 Å². The Labute approximate surface area is 134 Å². The topological polar surface area (TPSA) is 9.23 Å². The summed E-state index contributed by atoms with van der Waals surface area (Å²) in [6.45, 7) is -2.80. The SMILES string of the molecule is FC(F)Oc1ccc(-[s+]2c3ccccc3c3ccccc32)cc1. The summed E-state index contributed by atoms with van der Waals surface area (Å²) in [5, 5.41) is 2.50. The Morgan fingerprint density at radius 3 is 1.74 bits per heavy atom. The van der Waals surface area contributed by atoms with Gasteiger partial charge in [0.1, 0.15) is 5.75 Å². The maximum atomic E-state index is 12.3. The van der Waals surface area contributed by atoms with E-state index in [1.165, 1.54) is 20.2 Å². The Balaban J connectivity index is 1.93. The molecule has 0 saturated carbocycles. The lowest BCUT2D eigenvalue weighted by atomic mass is 10.2. The highest BCUT2D eigenvalue weighted by Crippen LogP contribution is 2.48. The fourth-order valence-electron chi connectivity index (χ4n) is 2.86. The molecule has 0 amide bonds. The molecule has 1 nitrogen and oxygen atoms in total. The third-order valence-electron chi connectivity index (χ3n) is 3.79. The summed E-state index contributed by atoms with van der Waals surface area (Å²) in [7, 11) is -0.205. The average molecular weight is 327 g/mol. The van der Waals surface area contributed by atoms with Gasteiger partial charge in [0.15, 0.2) is 14.3 Å². The van der Waals surface area contributed by atoms with Gasteiger partial charge in [0.2, 0.25) is 0 Å². The summed E-state index contributed by atoms with van der Waals surface area (Å²) in [6, 6.07) is 23.7. The van der Waals surface area contributed by atoms with Crippen molar-refractivity contribution in [2.75, 3.05) is 0 Å². The normalized spacial score (nSPS) is 11.4. The highest BCUT2D eigenvalue weighted by Gasteiger charge is 2.22. The fraction of sp³-hybridized carbons (Fsp3) is 0.0526. The van der Waals surface area contributed by atoms with Crippen LogP contribution in [0.25, 0.3) is 25.1 Å². The number of ether oxygens (including phenoxy) is 1. The van der Waals surface area contributed by atoms with Crippen LogP contribution in [0.3, 0.4) is 0 Å². The van der Waals surface area contributed by atoms with Crippen molar-refractivity contribution >= 4 is 30.6 Å². The van der Waals surface area contributed by atoms with Crippen molar-refractivity contribution in [1.82, 2.24) is 0 Å². The van der Waals surface area contributed by atoms with E-state index in [0.29, 0.717) is 0 Å². The molecule has 0 atom stereocenters. The van der Waals surface area contributed by atoms with Crippen LogP contribution in [0.1, 0.15) is 0 Å². The second-order valence-corrected chi connectivity index (χ2v) is 7.11. The third-order valence-corrected chi connectivity index (χ3v) is 6.12. The molecular weight excluding hydrogens is 314 g/mol.